The van der Waals surface area contributed by atoms with Gasteiger partial charge in [-0.3, -0.25) is 0 Å². The Morgan fingerprint density at radius 2 is 1.15 bits per heavy atom. The number of hydrogen-bond acceptors (Lipinski definition) is 2. The molecule has 3 heterocycles. The summed E-state index contributed by atoms with van der Waals surface area (Å²) in [6, 6.07) is 55.1. The van der Waals surface area contributed by atoms with E-state index in [1.165, 1.54) is 63.5 Å². The van der Waals surface area contributed by atoms with Crippen LogP contribution in [0.3, 0.4) is 0 Å². The molecule has 0 aliphatic heterocycles. The molecule has 47 heavy (non-hydrogen) atoms. The molecule has 8 aromatic carbocycles. The second-order valence-corrected chi connectivity index (χ2v) is 13.5. The highest BCUT2D eigenvalue weighted by atomic mass is 32.1. The number of thiophene rings is 1. The fourth-order valence-electron chi connectivity index (χ4n) is 7.90. The smallest absolute Gasteiger partial charge is 0.143 e. The first kappa shape index (κ1) is 25.3. The van der Waals surface area contributed by atoms with Gasteiger partial charge in [0, 0.05) is 48.3 Å². The van der Waals surface area contributed by atoms with E-state index in [1.54, 1.807) is 0 Å². The molecule has 0 bridgehead atoms. The van der Waals surface area contributed by atoms with Crippen LogP contribution in [0.2, 0.25) is 0 Å². The Hall–Kier alpha value is -5.90. The van der Waals surface area contributed by atoms with Crippen LogP contribution in [-0.4, -0.2) is 4.57 Å². The summed E-state index contributed by atoms with van der Waals surface area (Å²) in [4.78, 5) is 0. The van der Waals surface area contributed by atoms with Crippen molar-refractivity contribution in [1.82, 2.24) is 4.57 Å². The molecule has 0 aliphatic rings. The quantitative estimate of drug-likeness (QED) is 0.189. The molecule has 0 aliphatic carbocycles. The Morgan fingerprint density at radius 3 is 1.98 bits per heavy atom. The lowest BCUT2D eigenvalue weighted by molar-refractivity contribution is 0.670. The first-order valence-corrected chi connectivity index (χ1v) is 16.8. The van der Waals surface area contributed by atoms with E-state index < -0.39 is 0 Å². The Balaban J connectivity index is 1.37. The van der Waals surface area contributed by atoms with Gasteiger partial charge in [0.2, 0.25) is 0 Å². The number of nitrogens with zero attached hydrogens (tertiary/aromatic N) is 1. The summed E-state index contributed by atoms with van der Waals surface area (Å²) < 4.78 is 11.9. The largest absolute Gasteiger partial charge is 0.455 e. The third-order valence-corrected chi connectivity index (χ3v) is 11.1. The normalized spacial score (nSPS) is 12.3. The molecule has 3 aromatic heterocycles. The predicted molar refractivity (Wildman–Crippen MR) is 201 cm³/mol. The van der Waals surface area contributed by atoms with Gasteiger partial charge >= 0.3 is 0 Å². The number of aromatic nitrogens is 1. The summed E-state index contributed by atoms with van der Waals surface area (Å²) in [5.41, 5.74) is 7.66. The number of fused-ring (bicyclic) bond motifs is 14. The second-order valence-electron chi connectivity index (χ2n) is 12.5. The molecular weight excluding hydrogens is 591 g/mol. The van der Waals surface area contributed by atoms with E-state index in [-0.39, 0.29) is 0 Å². The number of para-hydroxylation sites is 1. The molecule has 0 fully saturated rings. The first-order chi connectivity index (χ1) is 23.3. The van der Waals surface area contributed by atoms with Crippen molar-refractivity contribution in [3.05, 3.63) is 152 Å². The summed E-state index contributed by atoms with van der Waals surface area (Å²) in [6.45, 7) is 0. The molecule has 0 saturated heterocycles. The molecule has 11 rings (SSSR count). The van der Waals surface area contributed by atoms with Gasteiger partial charge in [0.25, 0.3) is 0 Å². The third-order valence-electron chi connectivity index (χ3n) is 9.92. The van der Waals surface area contributed by atoms with Gasteiger partial charge < -0.3 is 8.98 Å². The highest BCUT2D eigenvalue weighted by molar-refractivity contribution is 7.27. The van der Waals surface area contributed by atoms with Crippen molar-refractivity contribution in [3.8, 4) is 16.8 Å². The van der Waals surface area contributed by atoms with Crippen LogP contribution in [0.25, 0.3) is 102 Å². The minimum atomic E-state index is 0.910. The third kappa shape index (κ3) is 3.44. The maximum atomic E-state index is 6.75. The lowest BCUT2D eigenvalue weighted by atomic mass is 9.98. The van der Waals surface area contributed by atoms with Gasteiger partial charge in [-0.15, -0.1) is 11.3 Å². The highest BCUT2D eigenvalue weighted by Gasteiger charge is 2.23. The Bertz CT molecular complexity index is 3070. The van der Waals surface area contributed by atoms with E-state index >= 15 is 0 Å². The Kier molecular flexibility index (Phi) is 5.02. The van der Waals surface area contributed by atoms with Gasteiger partial charge in [0.15, 0.2) is 0 Å². The summed E-state index contributed by atoms with van der Waals surface area (Å²) in [5.74, 6) is 0. The van der Waals surface area contributed by atoms with Crippen LogP contribution in [0.1, 0.15) is 0 Å². The van der Waals surface area contributed by atoms with Gasteiger partial charge in [-0.2, -0.15) is 0 Å². The zero-order chi connectivity index (χ0) is 30.6. The highest BCUT2D eigenvalue weighted by Crippen LogP contribution is 2.49. The van der Waals surface area contributed by atoms with Crippen LogP contribution in [0.5, 0.6) is 0 Å². The molecule has 11 aromatic rings. The SMILES string of the molecule is c1ccc(-c2cc(-n3c4ccccc4c4c5ccccc5c5c6ccccc6sc5c43)cc3c2oc2cc4ccccc4cc23)cc1. The van der Waals surface area contributed by atoms with Crippen molar-refractivity contribution in [2.75, 3.05) is 0 Å². The fourth-order valence-corrected chi connectivity index (χ4v) is 9.16. The van der Waals surface area contributed by atoms with E-state index in [0.717, 1.165) is 38.8 Å². The van der Waals surface area contributed by atoms with Gasteiger partial charge in [-0.25, -0.2) is 0 Å². The molecule has 218 valence electrons. The monoisotopic (exact) mass is 615 g/mol. The van der Waals surface area contributed by atoms with Crippen molar-refractivity contribution in [3.63, 3.8) is 0 Å². The van der Waals surface area contributed by atoms with Crippen LogP contribution >= 0.6 is 11.3 Å². The van der Waals surface area contributed by atoms with Crippen molar-refractivity contribution in [2.45, 2.75) is 0 Å². The molecule has 2 nitrogen and oxygen atoms in total. The standard InChI is InChI=1S/C44H25NOS/c1-2-12-26(13-3-1)34-24-29(25-36-35-22-27-14-4-5-15-28(27)23-38(35)46-43(34)36)45-37-20-10-8-18-32(37)40-30-16-6-7-17-31(30)41-33-19-9-11-21-39(33)47-44(41)42(40)45/h1-25H. The molecule has 0 spiro atoms. The van der Waals surface area contributed by atoms with E-state index in [9.17, 15) is 0 Å². The van der Waals surface area contributed by atoms with Crippen LogP contribution in [0.4, 0.5) is 0 Å². The lowest BCUT2D eigenvalue weighted by Crippen LogP contribution is -1.95. The molecule has 0 unspecified atom stereocenters. The van der Waals surface area contributed by atoms with Crippen molar-refractivity contribution >= 4 is 96.8 Å². The van der Waals surface area contributed by atoms with Gasteiger partial charge in [-0.05, 0) is 63.5 Å². The van der Waals surface area contributed by atoms with Crippen LogP contribution in [-0.2, 0) is 0 Å². The van der Waals surface area contributed by atoms with Crippen LogP contribution in [0.15, 0.2) is 156 Å². The van der Waals surface area contributed by atoms with Crippen LogP contribution in [0, 0.1) is 0 Å². The average molecular weight is 616 g/mol. The predicted octanol–water partition coefficient (Wildman–Crippen LogP) is 13.0. The summed E-state index contributed by atoms with van der Waals surface area (Å²) in [6.07, 6.45) is 0. The van der Waals surface area contributed by atoms with Gasteiger partial charge in [0.05, 0.1) is 15.7 Å². The minimum Gasteiger partial charge on any atom is -0.455 e. The maximum Gasteiger partial charge on any atom is 0.143 e. The van der Waals surface area contributed by atoms with Gasteiger partial charge in [0.1, 0.15) is 11.2 Å². The minimum absolute atomic E-state index is 0.910. The van der Waals surface area contributed by atoms with E-state index in [1.807, 2.05) is 11.3 Å². The molecule has 0 atom stereocenters. The van der Waals surface area contributed by atoms with Gasteiger partial charge in [-0.1, -0.05) is 115 Å². The van der Waals surface area contributed by atoms with E-state index in [4.69, 9.17) is 4.42 Å². The molecular formula is C44H25NOS. The summed E-state index contributed by atoms with van der Waals surface area (Å²) in [5, 5.41) is 12.5. The topological polar surface area (TPSA) is 18.1 Å². The summed E-state index contributed by atoms with van der Waals surface area (Å²) >= 11 is 1.90. The molecule has 0 N–H and O–H groups in total. The number of hydrogen-bond donors (Lipinski definition) is 0. The van der Waals surface area contributed by atoms with E-state index in [0.29, 0.717) is 0 Å². The lowest BCUT2D eigenvalue weighted by Gasteiger charge is -2.13. The zero-order valence-corrected chi connectivity index (χ0v) is 26.0. The second kappa shape index (κ2) is 9.32. The van der Waals surface area contributed by atoms with Crippen molar-refractivity contribution < 1.29 is 4.42 Å². The first-order valence-electron chi connectivity index (χ1n) is 16.0. The Morgan fingerprint density at radius 1 is 0.489 bits per heavy atom. The van der Waals surface area contributed by atoms with Crippen molar-refractivity contribution in [1.29, 1.82) is 0 Å². The number of benzene rings is 8. The Labute approximate surface area is 273 Å². The number of furan rings is 1. The zero-order valence-electron chi connectivity index (χ0n) is 25.2. The average Bonchev–Trinajstić information content (AvgIpc) is 3.80. The molecule has 0 amide bonds. The molecule has 0 saturated carbocycles. The number of rotatable bonds is 2. The van der Waals surface area contributed by atoms with E-state index in [2.05, 4.69) is 156 Å². The molecule has 0 radical (unpaired) electrons. The summed E-state index contributed by atoms with van der Waals surface area (Å²) in [7, 11) is 0. The maximum absolute atomic E-state index is 6.75. The van der Waals surface area contributed by atoms with Crippen LogP contribution < -0.4 is 0 Å². The van der Waals surface area contributed by atoms with Crippen molar-refractivity contribution in [2.24, 2.45) is 0 Å². The molecule has 3 heteroatoms. The fraction of sp³-hybridized carbons (Fsp3) is 0.